The minimum absolute atomic E-state index is 0.193. The summed E-state index contributed by atoms with van der Waals surface area (Å²) in [5.74, 6) is -0.629. The molecule has 1 aromatic carbocycles. The molecule has 1 aliphatic heterocycles. The molecule has 11 nitrogen and oxygen atoms in total. The zero-order valence-corrected chi connectivity index (χ0v) is 23.1. The number of benzene rings is 1. The Balaban J connectivity index is 1.40. The number of fused-ring (bicyclic) bond motifs is 1. The smallest absolute Gasteiger partial charge is 0.416 e. The number of nitrogens with two attached hydrogens (primary N) is 1. The number of carbonyl (C=O) groups excluding carboxylic acids is 2. The standard InChI is InChI=1S/C28H29F3N8O3/c1-27(2,3)42-26(41)38-12-4-5-19(14-38)39-24-21(23(32)34-15-35-24)22(37-39)16-6-8-17(9-7-16)25(40)36-20-13-18(10-11-33-20)28(29,30)31/h6-11,13,15,19H,4-5,12,14H2,1-3H3,(H2,32,34,35)(H,33,36,40). The van der Waals surface area contributed by atoms with Crippen molar-refractivity contribution in [2.45, 2.75) is 51.4 Å². The first kappa shape index (κ1) is 28.8. The lowest BCUT2D eigenvalue weighted by atomic mass is 10.1. The highest BCUT2D eigenvalue weighted by Gasteiger charge is 2.32. The fourth-order valence-electron chi connectivity index (χ4n) is 4.74. The first-order valence-corrected chi connectivity index (χ1v) is 13.2. The summed E-state index contributed by atoms with van der Waals surface area (Å²) in [6.07, 6.45) is -1.13. The average Bonchev–Trinajstić information content (AvgIpc) is 3.33. The number of halogens is 3. The number of piperidine rings is 1. The van der Waals surface area contributed by atoms with Crippen LogP contribution in [0.1, 0.15) is 55.6 Å². The first-order chi connectivity index (χ1) is 19.8. The monoisotopic (exact) mass is 582 g/mol. The van der Waals surface area contributed by atoms with Crippen LogP contribution in [0.2, 0.25) is 0 Å². The molecule has 42 heavy (non-hydrogen) atoms. The molecule has 1 saturated heterocycles. The maximum Gasteiger partial charge on any atom is 0.416 e. The maximum absolute atomic E-state index is 13.0. The summed E-state index contributed by atoms with van der Waals surface area (Å²) in [5, 5.41) is 7.74. The van der Waals surface area contributed by atoms with Gasteiger partial charge in [0.1, 0.15) is 29.3 Å². The van der Waals surface area contributed by atoms with Crippen molar-refractivity contribution >= 4 is 34.7 Å². The minimum Gasteiger partial charge on any atom is -0.444 e. The summed E-state index contributed by atoms with van der Waals surface area (Å²) in [7, 11) is 0. The van der Waals surface area contributed by atoms with E-state index in [0.717, 1.165) is 31.2 Å². The molecule has 0 bridgehead atoms. The molecule has 1 atom stereocenters. The van der Waals surface area contributed by atoms with Crippen molar-refractivity contribution in [3.05, 3.63) is 60.0 Å². The molecule has 0 radical (unpaired) electrons. The van der Waals surface area contributed by atoms with E-state index < -0.39 is 29.3 Å². The molecule has 3 N–H and O–H groups in total. The van der Waals surface area contributed by atoms with Crippen LogP contribution in [0.25, 0.3) is 22.3 Å². The Morgan fingerprint density at radius 1 is 1.07 bits per heavy atom. The van der Waals surface area contributed by atoms with Gasteiger partial charge in [-0.1, -0.05) is 12.1 Å². The van der Waals surface area contributed by atoms with Crippen LogP contribution in [-0.2, 0) is 10.9 Å². The van der Waals surface area contributed by atoms with Crippen molar-refractivity contribution in [3.63, 3.8) is 0 Å². The van der Waals surface area contributed by atoms with E-state index in [2.05, 4.69) is 20.3 Å². The van der Waals surface area contributed by atoms with Crippen molar-refractivity contribution in [3.8, 4) is 11.3 Å². The number of rotatable bonds is 4. The molecule has 1 fully saturated rings. The predicted octanol–water partition coefficient (Wildman–Crippen LogP) is 5.31. The summed E-state index contributed by atoms with van der Waals surface area (Å²) in [6.45, 7) is 6.38. The van der Waals surface area contributed by atoms with Gasteiger partial charge >= 0.3 is 12.3 Å². The van der Waals surface area contributed by atoms with E-state index in [0.29, 0.717) is 35.4 Å². The highest BCUT2D eigenvalue weighted by Crippen LogP contribution is 2.34. The third kappa shape index (κ3) is 6.11. The molecule has 0 aliphatic carbocycles. The molecule has 1 unspecified atom stereocenters. The van der Waals surface area contributed by atoms with E-state index >= 15 is 0 Å². The first-order valence-electron chi connectivity index (χ1n) is 13.2. The molecular weight excluding hydrogens is 553 g/mol. The van der Waals surface area contributed by atoms with Crippen molar-refractivity contribution < 1.29 is 27.5 Å². The summed E-state index contributed by atoms with van der Waals surface area (Å²) >= 11 is 0. The molecule has 0 saturated carbocycles. The van der Waals surface area contributed by atoms with E-state index in [9.17, 15) is 22.8 Å². The normalized spacial score (nSPS) is 16.0. The van der Waals surface area contributed by atoms with Gasteiger partial charge in [-0.05, 0) is 57.9 Å². The number of hydrogen-bond donors (Lipinski definition) is 2. The Bertz CT molecular complexity index is 1630. The summed E-state index contributed by atoms with van der Waals surface area (Å²) in [4.78, 5) is 39.5. The number of likely N-dealkylation sites (tertiary alicyclic amines) is 1. The van der Waals surface area contributed by atoms with Crippen LogP contribution in [-0.4, -0.2) is 60.3 Å². The van der Waals surface area contributed by atoms with Gasteiger partial charge in [-0.25, -0.2) is 24.4 Å². The number of nitrogen functional groups attached to an aromatic ring is 1. The van der Waals surface area contributed by atoms with Crippen LogP contribution in [0.5, 0.6) is 0 Å². The van der Waals surface area contributed by atoms with Gasteiger partial charge in [0, 0.05) is 30.4 Å². The lowest BCUT2D eigenvalue weighted by molar-refractivity contribution is -0.137. The number of nitrogens with zero attached hydrogens (tertiary/aromatic N) is 6. The second kappa shape index (κ2) is 10.9. The van der Waals surface area contributed by atoms with Crippen molar-refractivity contribution in [2.75, 3.05) is 24.1 Å². The van der Waals surface area contributed by atoms with E-state index in [-0.39, 0.29) is 23.2 Å². The molecule has 4 aromatic rings. The number of hydrogen-bond acceptors (Lipinski definition) is 8. The van der Waals surface area contributed by atoms with Gasteiger partial charge in [-0.2, -0.15) is 18.3 Å². The maximum atomic E-state index is 13.0. The average molecular weight is 583 g/mol. The number of ether oxygens (including phenoxy) is 1. The van der Waals surface area contributed by atoms with Crippen LogP contribution < -0.4 is 11.1 Å². The molecule has 0 spiro atoms. The summed E-state index contributed by atoms with van der Waals surface area (Å²) in [6, 6.07) is 7.75. The van der Waals surface area contributed by atoms with Crippen LogP contribution in [0, 0.1) is 0 Å². The van der Waals surface area contributed by atoms with E-state index in [1.54, 1.807) is 21.7 Å². The Labute approximate surface area is 238 Å². The van der Waals surface area contributed by atoms with Crippen molar-refractivity contribution in [1.29, 1.82) is 0 Å². The number of anilines is 2. The number of amides is 2. The highest BCUT2D eigenvalue weighted by atomic mass is 19.4. The number of aromatic nitrogens is 5. The molecule has 2 amide bonds. The highest BCUT2D eigenvalue weighted by molar-refractivity contribution is 6.04. The molecule has 14 heteroatoms. The van der Waals surface area contributed by atoms with Gasteiger partial charge < -0.3 is 20.7 Å². The third-order valence-corrected chi connectivity index (χ3v) is 6.66. The number of carbonyl (C=O) groups is 2. The van der Waals surface area contributed by atoms with Crippen LogP contribution in [0.3, 0.4) is 0 Å². The number of nitrogens with one attached hydrogen (secondary N) is 1. The van der Waals surface area contributed by atoms with Gasteiger partial charge in [0.05, 0.1) is 17.0 Å². The minimum atomic E-state index is -4.56. The van der Waals surface area contributed by atoms with E-state index in [1.165, 1.54) is 18.5 Å². The van der Waals surface area contributed by atoms with Gasteiger partial charge in [0.25, 0.3) is 5.91 Å². The molecule has 220 valence electrons. The van der Waals surface area contributed by atoms with Crippen molar-refractivity contribution in [2.24, 2.45) is 0 Å². The van der Waals surface area contributed by atoms with Gasteiger partial charge in [-0.3, -0.25) is 4.79 Å². The fraction of sp³-hybridized carbons (Fsp3) is 0.357. The van der Waals surface area contributed by atoms with Gasteiger partial charge in [0.2, 0.25) is 0 Å². The Morgan fingerprint density at radius 2 is 1.81 bits per heavy atom. The second-order valence-corrected chi connectivity index (χ2v) is 10.9. The largest absolute Gasteiger partial charge is 0.444 e. The molecule has 4 heterocycles. The lowest BCUT2D eigenvalue weighted by Gasteiger charge is -2.34. The van der Waals surface area contributed by atoms with Gasteiger partial charge in [0.15, 0.2) is 5.65 Å². The Hall–Kier alpha value is -4.75. The van der Waals surface area contributed by atoms with Crippen LogP contribution >= 0.6 is 0 Å². The number of alkyl halides is 3. The van der Waals surface area contributed by atoms with Crippen LogP contribution in [0.15, 0.2) is 48.9 Å². The fourth-order valence-corrected chi connectivity index (χ4v) is 4.74. The SMILES string of the molecule is CC(C)(C)OC(=O)N1CCCC(n2nc(-c3ccc(C(=O)Nc4cc(C(F)(F)F)ccn4)cc3)c3c(N)ncnc32)C1. The Kier molecular flexibility index (Phi) is 7.47. The molecule has 3 aromatic heterocycles. The zero-order chi connectivity index (χ0) is 30.2. The Morgan fingerprint density at radius 3 is 2.50 bits per heavy atom. The lowest BCUT2D eigenvalue weighted by Crippen LogP contribution is -2.43. The predicted molar refractivity (Wildman–Crippen MR) is 148 cm³/mol. The molecular formula is C28H29F3N8O3. The quantitative estimate of drug-likeness (QED) is 0.330. The van der Waals surface area contributed by atoms with E-state index in [4.69, 9.17) is 15.6 Å². The molecule has 5 rings (SSSR count). The third-order valence-electron chi connectivity index (χ3n) is 6.66. The summed E-state index contributed by atoms with van der Waals surface area (Å²) < 4.78 is 46.4. The number of pyridine rings is 1. The topological polar surface area (TPSA) is 141 Å². The van der Waals surface area contributed by atoms with Gasteiger partial charge in [-0.15, -0.1) is 0 Å². The summed E-state index contributed by atoms with van der Waals surface area (Å²) in [5.41, 5.74) is 6.52. The van der Waals surface area contributed by atoms with E-state index in [1.807, 2.05) is 20.8 Å². The second-order valence-electron chi connectivity index (χ2n) is 10.9. The van der Waals surface area contributed by atoms with Crippen LogP contribution in [0.4, 0.5) is 29.6 Å². The molecule has 1 aliphatic rings. The van der Waals surface area contributed by atoms with Crippen molar-refractivity contribution in [1.82, 2.24) is 29.6 Å². The zero-order valence-electron chi connectivity index (χ0n) is 23.1.